The van der Waals surface area contributed by atoms with Crippen LogP contribution in [-0.2, 0) is 19.4 Å². The Morgan fingerprint density at radius 1 is 1.00 bits per heavy atom. The van der Waals surface area contributed by atoms with E-state index < -0.39 is 27.7 Å². The van der Waals surface area contributed by atoms with Crippen molar-refractivity contribution in [1.82, 2.24) is 4.90 Å². The van der Waals surface area contributed by atoms with Crippen LogP contribution >= 0.6 is 0 Å². The highest BCUT2D eigenvalue weighted by molar-refractivity contribution is 7.91. The molecule has 1 atom stereocenters. The van der Waals surface area contributed by atoms with E-state index in [1.54, 1.807) is 17.0 Å². The molecule has 4 rings (SSSR count). The zero-order valence-corrected chi connectivity index (χ0v) is 16.6. The second-order valence-electron chi connectivity index (χ2n) is 7.12. The number of esters is 1. The normalized spacial score (nSPS) is 18.0. The van der Waals surface area contributed by atoms with Gasteiger partial charge in [-0.05, 0) is 50.1 Å². The quantitative estimate of drug-likeness (QED) is 0.611. The minimum absolute atomic E-state index is 0.0152. The van der Waals surface area contributed by atoms with Crippen molar-refractivity contribution >= 4 is 27.5 Å². The number of hydrogen-bond donors (Lipinski definition) is 0. The van der Waals surface area contributed by atoms with E-state index in [2.05, 4.69) is 0 Å². The molecular weight excluding hydrogens is 394 g/mol. The van der Waals surface area contributed by atoms with Gasteiger partial charge >= 0.3 is 5.97 Å². The van der Waals surface area contributed by atoms with Gasteiger partial charge in [0.1, 0.15) is 0 Å². The number of ketones is 1. The molecule has 0 aromatic heterocycles. The van der Waals surface area contributed by atoms with E-state index in [1.807, 2.05) is 0 Å². The molecule has 29 heavy (non-hydrogen) atoms. The van der Waals surface area contributed by atoms with Crippen LogP contribution in [-0.4, -0.2) is 50.2 Å². The van der Waals surface area contributed by atoms with Crippen molar-refractivity contribution in [3.05, 3.63) is 59.2 Å². The lowest BCUT2D eigenvalue weighted by molar-refractivity contribution is -0.138. The third-order valence-corrected chi connectivity index (χ3v) is 7.07. The van der Waals surface area contributed by atoms with Gasteiger partial charge in [0, 0.05) is 24.2 Å². The van der Waals surface area contributed by atoms with E-state index in [-0.39, 0.29) is 32.4 Å². The van der Waals surface area contributed by atoms with Gasteiger partial charge in [-0.2, -0.15) is 0 Å². The fourth-order valence-electron chi connectivity index (χ4n) is 3.68. The fraction of sp³-hybridized carbons (Fsp3) is 0.286. The Labute approximate surface area is 168 Å². The molecule has 1 saturated heterocycles. The van der Waals surface area contributed by atoms with Crippen molar-refractivity contribution in [2.24, 2.45) is 0 Å². The van der Waals surface area contributed by atoms with E-state index in [9.17, 15) is 22.8 Å². The van der Waals surface area contributed by atoms with Gasteiger partial charge in [-0.25, -0.2) is 13.2 Å². The monoisotopic (exact) mass is 413 g/mol. The first-order valence-electron chi connectivity index (χ1n) is 9.33. The molecule has 2 aliphatic rings. The maximum atomic E-state index is 13.0. The lowest BCUT2D eigenvalue weighted by atomic mass is 10.0. The van der Waals surface area contributed by atoms with Crippen molar-refractivity contribution in [3.63, 3.8) is 0 Å². The summed E-state index contributed by atoms with van der Waals surface area (Å²) in [5.41, 5.74) is 0.0992. The SMILES string of the molecule is CC(OC(=O)c1ccc2c(c1)S(=O)(=O)c1ccccc1C2=O)C(=O)N1CCCC1. The van der Waals surface area contributed by atoms with Gasteiger partial charge in [0.15, 0.2) is 11.9 Å². The van der Waals surface area contributed by atoms with Crippen LogP contribution in [0.5, 0.6) is 0 Å². The fourth-order valence-corrected chi connectivity index (χ4v) is 5.36. The topological polar surface area (TPSA) is 97.8 Å². The standard InChI is InChI=1S/C21H19NO6S/c1-13(20(24)22-10-4-5-11-22)28-21(25)14-8-9-16-18(12-14)29(26,27)17-7-3-2-6-15(17)19(16)23/h2-3,6-9,12-13H,4-5,10-11H2,1H3. The summed E-state index contributed by atoms with van der Waals surface area (Å²) in [6.07, 6.45) is 0.866. The molecule has 0 radical (unpaired) electrons. The molecule has 0 bridgehead atoms. The molecule has 0 aliphatic carbocycles. The first kappa shape index (κ1) is 19.3. The Bertz CT molecular complexity index is 1130. The third-order valence-electron chi connectivity index (χ3n) is 5.22. The van der Waals surface area contributed by atoms with Crippen LogP contribution in [0.1, 0.15) is 46.0 Å². The lowest BCUT2D eigenvalue weighted by Gasteiger charge is -2.21. The first-order chi connectivity index (χ1) is 13.8. The number of fused-ring (bicyclic) bond motifs is 2. The summed E-state index contributed by atoms with van der Waals surface area (Å²) in [6, 6.07) is 9.78. The summed E-state index contributed by atoms with van der Waals surface area (Å²) in [7, 11) is -3.95. The van der Waals surface area contributed by atoms with Gasteiger partial charge in [0.2, 0.25) is 9.84 Å². The number of likely N-dealkylation sites (tertiary alicyclic amines) is 1. The Balaban J connectivity index is 1.63. The molecule has 2 aromatic carbocycles. The van der Waals surface area contributed by atoms with Crippen LogP contribution in [0.25, 0.3) is 0 Å². The van der Waals surface area contributed by atoms with E-state index in [4.69, 9.17) is 4.74 Å². The van der Waals surface area contributed by atoms with Gasteiger partial charge in [-0.1, -0.05) is 12.1 Å². The average molecular weight is 413 g/mol. The summed E-state index contributed by atoms with van der Waals surface area (Å²) in [5.74, 6) is -1.50. The van der Waals surface area contributed by atoms with Gasteiger partial charge in [0.25, 0.3) is 5.91 Å². The van der Waals surface area contributed by atoms with E-state index >= 15 is 0 Å². The molecule has 7 nitrogen and oxygen atoms in total. The average Bonchev–Trinajstić information content (AvgIpc) is 3.26. The highest BCUT2D eigenvalue weighted by atomic mass is 32.2. The number of hydrogen-bond acceptors (Lipinski definition) is 6. The predicted molar refractivity (Wildman–Crippen MR) is 102 cm³/mol. The van der Waals surface area contributed by atoms with Crippen molar-refractivity contribution in [2.75, 3.05) is 13.1 Å². The maximum Gasteiger partial charge on any atom is 0.338 e. The van der Waals surface area contributed by atoms with Crippen molar-refractivity contribution in [1.29, 1.82) is 0 Å². The molecule has 2 heterocycles. The smallest absolute Gasteiger partial charge is 0.338 e. The van der Waals surface area contributed by atoms with Crippen molar-refractivity contribution in [2.45, 2.75) is 35.7 Å². The summed E-state index contributed by atoms with van der Waals surface area (Å²) < 4.78 is 31.2. The highest BCUT2D eigenvalue weighted by Gasteiger charge is 2.35. The molecule has 2 aliphatic heterocycles. The van der Waals surface area contributed by atoms with Crippen LogP contribution < -0.4 is 0 Å². The second-order valence-corrected chi connectivity index (χ2v) is 9.01. The van der Waals surface area contributed by atoms with Gasteiger partial charge in [-0.15, -0.1) is 0 Å². The molecular formula is C21H19NO6S. The zero-order chi connectivity index (χ0) is 20.8. The zero-order valence-electron chi connectivity index (χ0n) is 15.8. The Hall–Kier alpha value is -3.00. The van der Waals surface area contributed by atoms with E-state index in [1.165, 1.54) is 31.2 Å². The Morgan fingerprint density at radius 3 is 2.38 bits per heavy atom. The highest BCUT2D eigenvalue weighted by Crippen LogP contribution is 2.34. The van der Waals surface area contributed by atoms with E-state index in [0.717, 1.165) is 18.9 Å². The summed E-state index contributed by atoms with van der Waals surface area (Å²) in [4.78, 5) is 38.9. The molecule has 2 aromatic rings. The van der Waals surface area contributed by atoms with Gasteiger partial charge in [0.05, 0.1) is 15.4 Å². The number of carbonyl (C=O) groups excluding carboxylic acids is 3. The van der Waals surface area contributed by atoms with Gasteiger partial charge in [-0.3, -0.25) is 9.59 Å². The summed E-state index contributed by atoms with van der Waals surface area (Å²) >= 11 is 0. The predicted octanol–water partition coefficient (Wildman–Crippen LogP) is 2.23. The van der Waals surface area contributed by atoms with Crippen LogP contribution in [0, 0.1) is 0 Å². The van der Waals surface area contributed by atoms with Gasteiger partial charge < -0.3 is 9.64 Å². The van der Waals surface area contributed by atoms with E-state index in [0.29, 0.717) is 13.1 Å². The number of benzene rings is 2. The second kappa shape index (κ2) is 7.11. The number of amides is 1. The molecule has 1 fully saturated rings. The Kier molecular flexibility index (Phi) is 4.74. The largest absolute Gasteiger partial charge is 0.449 e. The van der Waals surface area contributed by atoms with Crippen molar-refractivity contribution < 1.29 is 27.5 Å². The molecule has 1 unspecified atom stereocenters. The van der Waals surface area contributed by atoms with Crippen LogP contribution in [0.15, 0.2) is 52.3 Å². The molecule has 0 saturated carbocycles. The van der Waals surface area contributed by atoms with Crippen LogP contribution in [0.4, 0.5) is 0 Å². The minimum atomic E-state index is -3.95. The number of carbonyl (C=O) groups is 3. The summed E-state index contributed by atoms with van der Waals surface area (Å²) in [5, 5.41) is 0. The first-order valence-corrected chi connectivity index (χ1v) is 10.8. The minimum Gasteiger partial charge on any atom is -0.449 e. The number of rotatable bonds is 3. The number of sulfone groups is 1. The molecule has 0 N–H and O–H groups in total. The number of ether oxygens (including phenoxy) is 1. The van der Waals surface area contributed by atoms with Crippen LogP contribution in [0.2, 0.25) is 0 Å². The molecule has 0 spiro atoms. The lowest BCUT2D eigenvalue weighted by Crippen LogP contribution is -2.38. The molecule has 1 amide bonds. The Morgan fingerprint density at radius 2 is 1.66 bits per heavy atom. The maximum absolute atomic E-state index is 13.0. The third kappa shape index (κ3) is 3.23. The number of nitrogens with zero attached hydrogens (tertiary/aromatic N) is 1. The van der Waals surface area contributed by atoms with Crippen LogP contribution in [0.3, 0.4) is 0 Å². The molecule has 8 heteroatoms. The van der Waals surface area contributed by atoms with Crippen molar-refractivity contribution in [3.8, 4) is 0 Å². The molecule has 150 valence electrons. The summed E-state index contributed by atoms with van der Waals surface area (Å²) in [6.45, 7) is 2.77.